The monoisotopic (exact) mass is 243 g/mol. The fourth-order valence-electron chi connectivity index (χ4n) is 1.40. The molecule has 1 nitrogen and oxygen atoms in total. The van der Waals surface area contributed by atoms with Crippen molar-refractivity contribution >= 4 is 16.3 Å². The third kappa shape index (κ3) is 2.04. The van der Waals surface area contributed by atoms with E-state index in [9.17, 15) is 13.2 Å². The molecule has 0 saturated carbocycles. The lowest BCUT2D eigenvalue weighted by Crippen LogP contribution is -2.03. The first-order valence-electron chi connectivity index (χ1n) is 4.49. The molecule has 2 rings (SSSR count). The van der Waals surface area contributed by atoms with Gasteiger partial charge < -0.3 is 5.73 Å². The molecule has 0 aliphatic heterocycles. The zero-order valence-electron chi connectivity index (χ0n) is 8.08. The Morgan fingerprint density at radius 2 is 1.62 bits per heavy atom. The van der Waals surface area contributed by atoms with E-state index >= 15 is 0 Å². The van der Waals surface area contributed by atoms with Crippen molar-refractivity contribution in [3.05, 3.63) is 41.3 Å². The summed E-state index contributed by atoms with van der Waals surface area (Å²) in [5.41, 5.74) is 6.52. The standard InChI is InChI=1S/C11H8F3NS/c12-11(13,14)8-3-1-7(2-4-8)9-5-6-16-10(9)15/h1-6H,15H2. The van der Waals surface area contributed by atoms with E-state index in [1.54, 1.807) is 6.07 Å². The molecule has 1 aromatic carbocycles. The number of rotatable bonds is 1. The van der Waals surface area contributed by atoms with E-state index in [2.05, 4.69) is 0 Å². The highest BCUT2D eigenvalue weighted by molar-refractivity contribution is 7.14. The molecule has 0 amide bonds. The van der Waals surface area contributed by atoms with Gasteiger partial charge in [0.15, 0.2) is 0 Å². The molecule has 0 aliphatic carbocycles. The molecule has 0 saturated heterocycles. The van der Waals surface area contributed by atoms with Gasteiger partial charge in [0.1, 0.15) is 0 Å². The highest BCUT2D eigenvalue weighted by Crippen LogP contribution is 2.34. The van der Waals surface area contributed by atoms with Crippen LogP contribution in [0.1, 0.15) is 5.56 Å². The molecule has 0 unspecified atom stereocenters. The van der Waals surface area contributed by atoms with E-state index < -0.39 is 11.7 Å². The summed E-state index contributed by atoms with van der Waals surface area (Å²) in [6.45, 7) is 0. The number of hydrogen-bond donors (Lipinski definition) is 1. The predicted octanol–water partition coefficient (Wildman–Crippen LogP) is 4.02. The Morgan fingerprint density at radius 1 is 1.00 bits per heavy atom. The molecule has 84 valence electrons. The quantitative estimate of drug-likeness (QED) is 0.804. The number of alkyl halides is 3. The van der Waals surface area contributed by atoms with Crippen LogP contribution in [0, 0.1) is 0 Å². The lowest BCUT2D eigenvalue weighted by molar-refractivity contribution is -0.137. The van der Waals surface area contributed by atoms with Crippen LogP contribution in [0.5, 0.6) is 0 Å². The van der Waals surface area contributed by atoms with Crippen molar-refractivity contribution in [1.82, 2.24) is 0 Å². The second-order valence-corrected chi connectivity index (χ2v) is 4.22. The maximum atomic E-state index is 12.3. The molecule has 0 bridgehead atoms. The van der Waals surface area contributed by atoms with Crippen LogP contribution in [0.3, 0.4) is 0 Å². The van der Waals surface area contributed by atoms with Gasteiger partial charge in [0.05, 0.1) is 10.6 Å². The lowest BCUT2D eigenvalue weighted by Gasteiger charge is -2.07. The van der Waals surface area contributed by atoms with Gasteiger partial charge in [0.2, 0.25) is 0 Å². The van der Waals surface area contributed by atoms with Gasteiger partial charge in [0.25, 0.3) is 0 Å². The average Bonchev–Trinajstić information content (AvgIpc) is 2.63. The third-order valence-corrected chi connectivity index (χ3v) is 2.96. The van der Waals surface area contributed by atoms with Crippen LogP contribution in [0.15, 0.2) is 35.7 Å². The third-order valence-electron chi connectivity index (χ3n) is 2.22. The fourth-order valence-corrected chi connectivity index (χ4v) is 2.06. The van der Waals surface area contributed by atoms with E-state index in [1.165, 1.54) is 23.5 Å². The predicted molar refractivity (Wildman–Crippen MR) is 59.2 cm³/mol. The van der Waals surface area contributed by atoms with Gasteiger partial charge in [-0.2, -0.15) is 13.2 Å². The van der Waals surface area contributed by atoms with Crippen LogP contribution in [0.4, 0.5) is 18.2 Å². The Hall–Kier alpha value is -1.49. The molecular weight excluding hydrogens is 235 g/mol. The Bertz CT molecular complexity index is 485. The first-order valence-corrected chi connectivity index (χ1v) is 5.37. The number of anilines is 1. The number of nitrogens with two attached hydrogens (primary N) is 1. The average molecular weight is 243 g/mol. The number of hydrogen-bond acceptors (Lipinski definition) is 2. The minimum atomic E-state index is -4.29. The van der Waals surface area contributed by atoms with Crippen molar-refractivity contribution in [3.63, 3.8) is 0 Å². The summed E-state index contributed by atoms with van der Waals surface area (Å²) in [4.78, 5) is 0. The van der Waals surface area contributed by atoms with Gasteiger partial charge in [-0.25, -0.2) is 0 Å². The molecule has 2 N–H and O–H groups in total. The summed E-state index contributed by atoms with van der Waals surface area (Å²) < 4.78 is 37.0. The van der Waals surface area contributed by atoms with Crippen molar-refractivity contribution in [2.45, 2.75) is 6.18 Å². The van der Waals surface area contributed by atoms with E-state index in [1.807, 2.05) is 5.38 Å². The largest absolute Gasteiger partial charge is 0.416 e. The van der Waals surface area contributed by atoms with Gasteiger partial charge in [-0.1, -0.05) is 12.1 Å². The van der Waals surface area contributed by atoms with Crippen molar-refractivity contribution in [1.29, 1.82) is 0 Å². The van der Waals surface area contributed by atoms with Gasteiger partial charge in [0, 0.05) is 5.56 Å². The summed E-state index contributed by atoms with van der Waals surface area (Å²) in [5.74, 6) is 0. The Labute approximate surface area is 94.3 Å². The molecule has 1 heterocycles. The molecule has 5 heteroatoms. The van der Waals surface area contributed by atoms with Gasteiger partial charge in [-0.15, -0.1) is 11.3 Å². The molecule has 1 aromatic heterocycles. The maximum absolute atomic E-state index is 12.3. The van der Waals surface area contributed by atoms with Crippen LogP contribution in [-0.4, -0.2) is 0 Å². The fraction of sp³-hybridized carbons (Fsp3) is 0.0909. The van der Waals surface area contributed by atoms with E-state index in [-0.39, 0.29) is 0 Å². The second-order valence-electron chi connectivity index (χ2n) is 3.27. The van der Waals surface area contributed by atoms with Gasteiger partial charge in [-0.05, 0) is 29.1 Å². The van der Waals surface area contributed by atoms with Crippen LogP contribution < -0.4 is 5.73 Å². The van der Waals surface area contributed by atoms with Crippen molar-refractivity contribution in [2.75, 3.05) is 5.73 Å². The highest BCUT2D eigenvalue weighted by atomic mass is 32.1. The normalized spacial score (nSPS) is 11.7. The molecule has 16 heavy (non-hydrogen) atoms. The van der Waals surface area contributed by atoms with Crippen molar-refractivity contribution < 1.29 is 13.2 Å². The number of nitrogen functional groups attached to an aromatic ring is 1. The second kappa shape index (κ2) is 3.83. The van der Waals surface area contributed by atoms with Crippen LogP contribution in [-0.2, 0) is 6.18 Å². The summed E-state index contributed by atoms with van der Waals surface area (Å²) >= 11 is 1.36. The highest BCUT2D eigenvalue weighted by Gasteiger charge is 2.29. The number of thiophene rings is 1. The van der Waals surface area contributed by atoms with Crippen LogP contribution in [0.2, 0.25) is 0 Å². The Morgan fingerprint density at radius 3 is 2.06 bits per heavy atom. The van der Waals surface area contributed by atoms with Crippen molar-refractivity contribution in [3.8, 4) is 11.1 Å². The first-order chi connectivity index (χ1) is 7.48. The van der Waals surface area contributed by atoms with E-state index in [0.29, 0.717) is 10.6 Å². The maximum Gasteiger partial charge on any atom is 0.416 e. The Kier molecular flexibility index (Phi) is 2.63. The van der Waals surface area contributed by atoms with Gasteiger partial charge in [-0.3, -0.25) is 0 Å². The molecular formula is C11H8F3NS. The number of halogens is 3. The molecule has 2 aromatic rings. The molecule has 0 radical (unpaired) electrons. The zero-order chi connectivity index (χ0) is 11.8. The summed E-state index contributed by atoms with van der Waals surface area (Å²) in [5, 5.41) is 2.42. The smallest absolute Gasteiger partial charge is 0.390 e. The lowest BCUT2D eigenvalue weighted by atomic mass is 10.1. The summed E-state index contributed by atoms with van der Waals surface area (Å²) in [7, 11) is 0. The molecule has 0 fully saturated rings. The minimum Gasteiger partial charge on any atom is -0.390 e. The number of benzene rings is 1. The summed E-state index contributed by atoms with van der Waals surface area (Å²) in [6.07, 6.45) is -4.29. The Balaban J connectivity index is 2.37. The van der Waals surface area contributed by atoms with Crippen LogP contribution >= 0.6 is 11.3 Å². The molecule has 0 atom stereocenters. The SMILES string of the molecule is Nc1sccc1-c1ccc(C(F)(F)F)cc1. The summed E-state index contributed by atoms with van der Waals surface area (Å²) in [6, 6.07) is 6.78. The van der Waals surface area contributed by atoms with Gasteiger partial charge >= 0.3 is 6.18 Å². The van der Waals surface area contributed by atoms with Crippen molar-refractivity contribution in [2.24, 2.45) is 0 Å². The van der Waals surface area contributed by atoms with E-state index in [0.717, 1.165) is 17.7 Å². The molecule has 0 aliphatic rings. The minimum absolute atomic E-state index is 0.611. The molecule has 0 spiro atoms. The topological polar surface area (TPSA) is 26.0 Å². The van der Waals surface area contributed by atoms with E-state index in [4.69, 9.17) is 5.73 Å². The van der Waals surface area contributed by atoms with Crippen LogP contribution in [0.25, 0.3) is 11.1 Å². The zero-order valence-corrected chi connectivity index (χ0v) is 8.90. The first kappa shape index (κ1) is 11.0.